The summed E-state index contributed by atoms with van der Waals surface area (Å²) >= 11 is 0. The van der Waals surface area contributed by atoms with E-state index in [1.807, 2.05) is 0 Å². The van der Waals surface area contributed by atoms with Crippen LogP contribution in [0, 0.1) is 11.7 Å². The summed E-state index contributed by atoms with van der Waals surface area (Å²) in [4.78, 5) is 0. The molecular weight excluding hydrogens is 185 g/mol. The highest BCUT2D eigenvalue weighted by Crippen LogP contribution is 2.47. The lowest BCUT2D eigenvalue weighted by Crippen LogP contribution is -2.08. The van der Waals surface area contributed by atoms with Crippen molar-refractivity contribution in [1.82, 2.24) is 9.78 Å². The second kappa shape index (κ2) is 3.24. The fraction of sp³-hybridized carbons (Fsp3) is 0.667. The Labute approximate surface area is 81.5 Å². The Bertz CT molecular complexity index is 350. The molecule has 4 nitrogen and oxygen atoms in total. The maximum Gasteiger partial charge on any atom is 0.188 e. The highest BCUT2D eigenvalue weighted by molar-refractivity contribution is 5.37. The van der Waals surface area contributed by atoms with Crippen molar-refractivity contribution in [2.24, 2.45) is 5.92 Å². The van der Waals surface area contributed by atoms with Crippen molar-refractivity contribution in [3.63, 3.8) is 0 Å². The summed E-state index contributed by atoms with van der Waals surface area (Å²) in [6.45, 7) is 2.24. The molecule has 2 unspecified atom stereocenters. The van der Waals surface area contributed by atoms with Crippen LogP contribution in [0.15, 0.2) is 0 Å². The number of aliphatic hydroxyl groups is 1. The molecular formula is C9H14FN3O. The van der Waals surface area contributed by atoms with Crippen molar-refractivity contribution in [2.75, 3.05) is 12.3 Å². The number of aromatic nitrogens is 2. The molecule has 0 saturated heterocycles. The molecule has 1 aromatic heterocycles. The van der Waals surface area contributed by atoms with Gasteiger partial charge in [-0.05, 0) is 12.3 Å². The highest BCUT2D eigenvalue weighted by atomic mass is 19.1. The van der Waals surface area contributed by atoms with Crippen molar-refractivity contribution < 1.29 is 9.50 Å². The van der Waals surface area contributed by atoms with Gasteiger partial charge in [-0.25, -0.2) is 9.07 Å². The van der Waals surface area contributed by atoms with Crippen LogP contribution in [-0.2, 0) is 6.54 Å². The lowest BCUT2D eigenvalue weighted by Gasteiger charge is -1.98. The molecule has 3 N–H and O–H groups in total. The zero-order valence-electron chi connectivity index (χ0n) is 8.07. The van der Waals surface area contributed by atoms with Crippen LogP contribution in [0.25, 0.3) is 0 Å². The topological polar surface area (TPSA) is 64.1 Å². The number of aliphatic hydroxyl groups excluding tert-OH is 1. The minimum absolute atomic E-state index is 0.0353. The number of nitrogens with two attached hydrogens (primary N) is 1. The highest BCUT2D eigenvalue weighted by Gasteiger charge is 2.39. The second-order valence-electron chi connectivity index (χ2n) is 3.85. The molecule has 1 aliphatic rings. The number of halogens is 1. The third kappa shape index (κ3) is 1.37. The zero-order valence-corrected chi connectivity index (χ0v) is 8.07. The molecule has 78 valence electrons. The van der Waals surface area contributed by atoms with Crippen LogP contribution in [0.4, 0.5) is 10.2 Å². The quantitative estimate of drug-likeness (QED) is 0.754. The number of anilines is 1. The third-order valence-corrected chi connectivity index (χ3v) is 2.73. The van der Waals surface area contributed by atoms with Crippen LogP contribution < -0.4 is 5.73 Å². The Hall–Kier alpha value is -1.10. The van der Waals surface area contributed by atoms with Gasteiger partial charge in [-0.1, -0.05) is 6.92 Å². The van der Waals surface area contributed by atoms with E-state index in [9.17, 15) is 4.39 Å². The number of hydrogen-bond acceptors (Lipinski definition) is 3. The molecule has 1 aliphatic carbocycles. The predicted molar refractivity (Wildman–Crippen MR) is 50.2 cm³/mol. The van der Waals surface area contributed by atoms with Crippen LogP contribution >= 0.6 is 0 Å². The summed E-state index contributed by atoms with van der Waals surface area (Å²) in [5.41, 5.74) is 5.98. The fourth-order valence-corrected chi connectivity index (χ4v) is 1.68. The largest absolute Gasteiger partial charge is 0.394 e. The van der Waals surface area contributed by atoms with E-state index in [2.05, 4.69) is 12.0 Å². The summed E-state index contributed by atoms with van der Waals surface area (Å²) < 4.78 is 14.8. The van der Waals surface area contributed by atoms with Gasteiger partial charge in [0.15, 0.2) is 11.6 Å². The first-order valence-electron chi connectivity index (χ1n) is 4.77. The van der Waals surface area contributed by atoms with Gasteiger partial charge in [0, 0.05) is 5.92 Å². The molecule has 2 atom stereocenters. The number of nitrogen functional groups attached to an aromatic ring is 1. The maximum atomic E-state index is 13.5. The summed E-state index contributed by atoms with van der Waals surface area (Å²) in [6, 6.07) is 0. The van der Waals surface area contributed by atoms with Crippen LogP contribution in [0.1, 0.15) is 25.0 Å². The van der Waals surface area contributed by atoms with E-state index < -0.39 is 5.82 Å². The second-order valence-corrected chi connectivity index (χ2v) is 3.85. The molecule has 1 fully saturated rings. The number of hydrogen-bond donors (Lipinski definition) is 2. The summed E-state index contributed by atoms with van der Waals surface area (Å²) in [5.74, 6) is 0.347. The molecule has 14 heavy (non-hydrogen) atoms. The average molecular weight is 199 g/mol. The van der Waals surface area contributed by atoms with E-state index in [1.54, 1.807) is 0 Å². The fourth-order valence-electron chi connectivity index (χ4n) is 1.68. The van der Waals surface area contributed by atoms with Gasteiger partial charge in [-0.2, -0.15) is 5.10 Å². The minimum atomic E-state index is -0.409. The first-order chi connectivity index (χ1) is 6.65. The molecule has 0 radical (unpaired) electrons. The van der Waals surface area contributed by atoms with E-state index in [0.29, 0.717) is 11.6 Å². The van der Waals surface area contributed by atoms with Crippen molar-refractivity contribution in [3.05, 3.63) is 11.5 Å². The Morgan fingerprint density at radius 1 is 1.71 bits per heavy atom. The molecule has 0 bridgehead atoms. The summed E-state index contributed by atoms with van der Waals surface area (Å²) in [5, 5.41) is 12.8. The van der Waals surface area contributed by atoms with E-state index in [-0.39, 0.29) is 24.9 Å². The Morgan fingerprint density at radius 2 is 2.36 bits per heavy atom. The van der Waals surface area contributed by atoms with E-state index in [4.69, 9.17) is 10.8 Å². The van der Waals surface area contributed by atoms with Crippen LogP contribution in [0.5, 0.6) is 0 Å². The normalized spacial score (nSPS) is 25.4. The van der Waals surface area contributed by atoms with Gasteiger partial charge in [0.1, 0.15) is 5.69 Å². The number of nitrogens with zero attached hydrogens (tertiary/aromatic N) is 2. The van der Waals surface area contributed by atoms with Gasteiger partial charge in [-0.3, -0.25) is 0 Å². The first-order valence-corrected chi connectivity index (χ1v) is 4.77. The standard InChI is InChI=1S/C9H14FN3O/c1-5-4-6(5)8-7(10)9(11)13(12-8)2-3-14/h5-6,14H,2-4,11H2,1H3. The van der Waals surface area contributed by atoms with Crippen LogP contribution in [-0.4, -0.2) is 21.5 Å². The molecule has 0 amide bonds. The van der Waals surface area contributed by atoms with Gasteiger partial charge >= 0.3 is 0 Å². The molecule has 0 spiro atoms. The van der Waals surface area contributed by atoms with Crippen molar-refractivity contribution in [3.8, 4) is 0 Å². The van der Waals surface area contributed by atoms with Gasteiger partial charge in [0.25, 0.3) is 0 Å². The molecule has 2 rings (SSSR count). The van der Waals surface area contributed by atoms with Gasteiger partial charge in [0.05, 0.1) is 13.2 Å². The molecule has 5 heteroatoms. The van der Waals surface area contributed by atoms with E-state index >= 15 is 0 Å². The van der Waals surface area contributed by atoms with E-state index in [1.165, 1.54) is 4.68 Å². The van der Waals surface area contributed by atoms with Crippen molar-refractivity contribution >= 4 is 5.82 Å². The average Bonchev–Trinajstić information content (AvgIpc) is 2.81. The third-order valence-electron chi connectivity index (χ3n) is 2.73. The lowest BCUT2D eigenvalue weighted by molar-refractivity contribution is 0.270. The van der Waals surface area contributed by atoms with Crippen LogP contribution in [0.3, 0.4) is 0 Å². The van der Waals surface area contributed by atoms with Crippen molar-refractivity contribution in [2.45, 2.75) is 25.8 Å². The summed E-state index contributed by atoms with van der Waals surface area (Å²) in [7, 11) is 0. The van der Waals surface area contributed by atoms with Crippen LogP contribution in [0.2, 0.25) is 0 Å². The number of rotatable bonds is 3. The monoisotopic (exact) mass is 199 g/mol. The maximum absolute atomic E-state index is 13.5. The predicted octanol–water partition coefficient (Wildman–Crippen LogP) is 0.720. The Morgan fingerprint density at radius 3 is 2.86 bits per heavy atom. The Kier molecular flexibility index (Phi) is 2.19. The molecule has 1 aromatic rings. The smallest absolute Gasteiger partial charge is 0.188 e. The molecule has 1 heterocycles. The molecule has 0 aromatic carbocycles. The molecule has 1 saturated carbocycles. The van der Waals surface area contributed by atoms with Gasteiger partial charge in [0.2, 0.25) is 0 Å². The molecule has 0 aliphatic heterocycles. The lowest BCUT2D eigenvalue weighted by atomic mass is 10.2. The first kappa shape index (κ1) is 9.45. The van der Waals surface area contributed by atoms with E-state index in [0.717, 1.165) is 6.42 Å². The zero-order chi connectivity index (χ0) is 10.3. The minimum Gasteiger partial charge on any atom is -0.394 e. The van der Waals surface area contributed by atoms with Gasteiger partial charge in [-0.15, -0.1) is 0 Å². The van der Waals surface area contributed by atoms with Gasteiger partial charge < -0.3 is 10.8 Å². The Balaban J connectivity index is 2.28. The summed E-state index contributed by atoms with van der Waals surface area (Å²) in [6.07, 6.45) is 0.979. The SMILES string of the molecule is CC1CC1c1nn(CCO)c(N)c1F. The van der Waals surface area contributed by atoms with Crippen molar-refractivity contribution in [1.29, 1.82) is 0 Å².